The van der Waals surface area contributed by atoms with E-state index >= 15 is 0 Å². The number of hydrogen-bond acceptors (Lipinski definition) is 7. The minimum absolute atomic E-state index is 0.145. The van der Waals surface area contributed by atoms with Gasteiger partial charge in [0.15, 0.2) is 12.3 Å². The highest BCUT2D eigenvalue weighted by atomic mass is 32.1. The molecule has 120 valence electrons. The normalized spacial score (nSPS) is 13.4. The van der Waals surface area contributed by atoms with Crippen molar-refractivity contribution in [1.82, 2.24) is 15.6 Å². The molecule has 1 aliphatic carbocycles. The number of aromatic nitrogens is 1. The van der Waals surface area contributed by atoms with E-state index < -0.39 is 24.5 Å². The summed E-state index contributed by atoms with van der Waals surface area (Å²) in [7, 11) is 0. The molecule has 7 nitrogen and oxygen atoms in total. The van der Waals surface area contributed by atoms with E-state index in [1.54, 1.807) is 16.7 Å². The van der Waals surface area contributed by atoms with Gasteiger partial charge in [-0.05, 0) is 24.3 Å². The topological polar surface area (TPSA) is 97.4 Å². The number of thiazole rings is 1. The maximum absolute atomic E-state index is 11.8. The van der Waals surface area contributed by atoms with Crippen LogP contribution in [0.25, 0.3) is 10.6 Å². The van der Waals surface area contributed by atoms with Crippen molar-refractivity contribution in [3.63, 3.8) is 0 Å². The van der Waals surface area contributed by atoms with Crippen LogP contribution in [-0.2, 0) is 9.53 Å². The van der Waals surface area contributed by atoms with Crippen molar-refractivity contribution in [2.45, 2.75) is 18.9 Å². The third kappa shape index (κ3) is 4.36. The predicted octanol–water partition coefficient (Wildman–Crippen LogP) is 2.02. The molecule has 3 amide bonds. The molecule has 0 bridgehead atoms. The van der Waals surface area contributed by atoms with Gasteiger partial charge < -0.3 is 10.1 Å². The van der Waals surface area contributed by atoms with Gasteiger partial charge in [-0.1, -0.05) is 0 Å². The molecule has 1 aliphatic rings. The number of imide groups is 1. The van der Waals surface area contributed by atoms with Crippen LogP contribution in [0, 0.1) is 0 Å². The fraction of sp³-hybridized carbons (Fsp3) is 0.286. The lowest BCUT2D eigenvalue weighted by atomic mass is 10.3. The maximum atomic E-state index is 11.8. The monoisotopic (exact) mass is 351 g/mol. The van der Waals surface area contributed by atoms with E-state index in [1.807, 2.05) is 16.8 Å². The van der Waals surface area contributed by atoms with Crippen LogP contribution >= 0.6 is 22.7 Å². The van der Waals surface area contributed by atoms with Crippen LogP contribution in [0.2, 0.25) is 0 Å². The first kappa shape index (κ1) is 15.6. The molecular formula is C14H13N3O4S2. The first-order valence-electron chi connectivity index (χ1n) is 6.87. The van der Waals surface area contributed by atoms with Crippen molar-refractivity contribution >= 4 is 40.6 Å². The molecule has 3 rings (SSSR count). The van der Waals surface area contributed by atoms with Gasteiger partial charge >= 0.3 is 12.0 Å². The Labute approximate surface area is 139 Å². The van der Waals surface area contributed by atoms with Crippen molar-refractivity contribution in [2.24, 2.45) is 0 Å². The van der Waals surface area contributed by atoms with E-state index in [-0.39, 0.29) is 11.7 Å². The van der Waals surface area contributed by atoms with Crippen molar-refractivity contribution < 1.29 is 19.1 Å². The molecule has 0 saturated heterocycles. The van der Waals surface area contributed by atoms with Gasteiger partial charge in [0.2, 0.25) is 0 Å². The van der Waals surface area contributed by atoms with E-state index in [1.165, 1.54) is 11.3 Å². The van der Waals surface area contributed by atoms with Crippen LogP contribution in [0.3, 0.4) is 0 Å². The molecule has 2 heterocycles. The van der Waals surface area contributed by atoms with Gasteiger partial charge in [0, 0.05) is 22.4 Å². The molecule has 0 aromatic carbocycles. The second-order valence-electron chi connectivity index (χ2n) is 4.92. The Morgan fingerprint density at radius 3 is 2.83 bits per heavy atom. The minimum Gasteiger partial charge on any atom is -0.451 e. The first-order valence-corrected chi connectivity index (χ1v) is 8.69. The summed E-state index contributed by atoms with van der Waals surface area (Å²) in [5.41, 5.74) is 1.08. The number of hydrogen-bond donors (Lipinski definition) is 2. The Balaban J connectivity index is 1.47. The quantitative estimate of drug-likeness (QED) is 0.803. The van der Waals surface area contributed by atoms with Crippen molar-refractivity contribution in [3.05, 3.63) is 27.9 Å². The van der Waals surface area contributed by atoms with Crippen LogP contribution < -0.4 is 10.6 Å². The molecule has 2 aromatic heterocycles. The lowest BCUT2D eigenvalue weighted by molar-refractivity contribution is -0.123. The fourth-order valence-electron chi connectivity index (χ4n) is 1.70. The van der Waals surface area contributed by atoms with Gasteiger partial charge in [-0.3, -0.25) is 10.1 Å². The molecule has 1 saturated carbocycles. The zero-order chi connectivity index (χ0) is 16.2. The fourth-order valence-corrected chi connectivity index (χ4v) is 3.20. The highest BCUT2D eigenvalue weighted by Crippen LogP contribution is 2.25. The Kier molecular flexibility index (Phi) is 4.68. The molecular weight excluding hydrogens is 338 g/mol. The van der Waals surface area contributed by atoms with Crippen LogP contribution in [0.4, 0.5) is 4.79 Å². The van der Waals surface area contributed by atoms with Crippen LogP contribution in [0.15, 0.2) is 22.2 Å². The number of nitrogens with zero attached hydrogens (tertiary/aromatic N) is 1. The summed E-state index contributed by atoms with van der Waals surface area (Å²) in [6, 6.07) is 1.49. The first-order chi connectivity index (χ1) is 11.1. The number of ether oxygens (including phenoxy) is 1. The number of thiophene rings is 1. The molecule has 2 N–H and O–H groups in total. The van der Waals surface area contributed by atoms with Crippen molar-refractivity contribution in [2.75, 3.05) is 6.61 Å². The summed E-state index contributed by atoms with van der Waals surface area (Å²) in [5, 5.41) is 10.8. The van der Waals surface area contributed by atoms with E-state index in [0.717, 1.165) is 18.4 Å². The smallest absolute Gasteiger partial charge is 0.358 e. The highest BCUT2D eigenvalue weighted by Gasteiger charge is 2.24. The van der Waals surface area contributed by atoms with E-state index in [4.69, 9.17) is 4.74 Å². The molecule has 23 heavy (non-hydrogen) atoms. The Morgan fingerprint density at radius 2 is 2.13 bits per heavy atom. The van der Waals surface area contributed by atoms with Gasteiger partial charge in [-0.25, -0.2) is 14.6 Å². The number of carbonyl (C=O) groups is 3. The summed E-state index contributed by atoms with van der Waals surface area (Å²) < 4.78 is 4.86. The predicted molar refractivity (Wildman–Crippen MR) is 85.4 cm³/mol. The molecule has 0 unspecified atom stereocenters. The zero-order valence-corrected chi connectivity index (χ0v) is 13.5. The van der Waals surface area contributed by atoms with Crippen molar-refractivity contribution in [3.8, 4) is 10.6 Å². The molecule has 9 heteroatoms. The van der Waals surface area contributed by atoms with Gasteiger partial charge in [-0.15, -0.1) is 11.3 Å². The number of carbonyl (C=O) groups excluding carboxylic acids is 3. The third-order valence-electron chi connectivity index (χ3n) is 2.98. The van der Waals surface area contributed by atoms with E-state index in [0.29, 0.717) is 5.01 Å². The van der Waals surface area contributed by atoms with Gasteiger partial charge in [0.25, 0.3) is 5.91 Å². The molecule has 0 spiro atoms. The van der Waals surface area contributed by atoms with Gasteiger partial charge in [0.1, 0.15) is 5.01 Å². The van der Waals surface area contributed by atoms with Crippen molar-refractivity contribution in [1.29, 1.82) is 0 Å². The van der Waals surface area contributed by atoms with E-state index in [9.17, 15) is 14.4 Å². The van der Waals surface area contributed by atoms with Crippen LogP contribution in [0.5, 0.6) is 0 Å². The lowest BCUT2D eigenvalue weighted by Gasteiger charge is -2.05. The number of amides is 3. The second kappa shape index (κ2) is 6.88. The summed E-state index contributed by atoms with van der Waals surface area (Å²) in [5.74, 6) is -1.37. The Morgan fingerprint density at radius 1 is 1.30 bits per heavy atom. The molecule has 2 aromatic rings. The largest absolute Gasteiger partial charge is 0.451 e. The van der Waals surface area contributed by atoms with Gasteiger partial charge in [-0.2, -0.15) is 11.3 Å². The molecule has 0 atom stereocenters. The summed E-state index contributed by atoms with van der Waals surface area (Å²) in [6.07, 6.45) is 1.85. The van der Waals surface area contributed by atoms with Crippen LogP contribution in [-0.4, -0.2) is 35.5 Å². The Bertz CT molecular complexity index is 722. The van der Waals surface area contributed by atoms with E-state index in [2.05, 4.69) is 15.6 Å². The third-order valence-corrected chi connectivity index (χ3v) is 4.56. The lowest BCUT2D eigenvalue weighted by Crippen LogP contribution is -2.42. The number of nitrogens with one attached hydrogen (secondary N) is 2. The summed E-state index contributed by atoms with van der Waals surface area (Å²) in [6.45, 7) is -0.526. The van der Waals surface area contributed by atoms with Gasteiger partial charge in [0.05, 0.1) is 0 Å². The Hall–Kier alpha value is -2.26. The molecule has 0 radical (unpaired) electrons. The zero-order valence-electron chi connectivity index (χ0n) is 11.9. The number of rotatable bonds is 5. The average molecular weight is 351 g/mol. The summed E-state index contributed by atoms with van der Waals surface area (Å²) in [4.78, 5) is 38.9. The van der Waals surface area contributed by atoms with Crippen LogP contribution in [0.1, 0.15) is 23.3 Å². The number of esters is 1. The molecule has 1 fully saturated rings. The SMILES string of the molecule is O=C(COC(=O)c1csc(-c2ccsc2)n1)NC(=O)NC1CC1. The minimum atomic E-state index is -0.694. The number of urea groups is 1. The second-order valence-corrected chi connectivity index (χ2v) is 6.56. The standard InChI is InChI=1S/C14H13N3O4S2/c18-11(17-14(20)15-9-1-2-9)5-21-13(19)10-7-23-12(16-10)8-3-4-22-6-8/h3-4,6-7,9H,1-2,5H2,(H2,15,17,18,20). The summed E-state index contributed by atoms with van der Waals surface area (Å²) >= 11 is 2.86. The highest BCUT2D eigenvalue weighted by molar-refractivity contribution is 7.14. The maximum Gasteiger partial charge on any atom is 0.358 e. The average Bonchev–Trinajstić information content (AvgIpc) is 3.02. The molecule has 0 aliphatic heterocycles.